The number of para-hydroxylation sites is 1. The lowest BCUT2D eigenvalue weighted by molar-refractivity contribution is -0.122. The minimum absolute atomic E-state index is 0.0774. The standard InChI is InChI=1S/C17H19NO3/c1-11-6-4-8-14(10-11)21-13(3)17(20)18-15-9-5-7-12(2)16(15)19/h4-10,13,19H,1-3H3,(H,18,20)/t13-/m0/s1. The number of rotatable bonds is 4. The molecular weight excluding hydrogens is 266 g/mol. The summed E-state index contributed by atoms with van der Waals surface area (Å²) in [6.45, 7) is 5.41. The first-order chi connectivity index (χ1) is 9.97. The van der Waals surface area contributed by atoms with E-state index in [-0.39, 0.29) is 11.7 Å². The van der Waals surface area contributed by atoms with Crippen LogP contribution in [0.15, 0.2) is 42.5 Å². The monoisotopic (exact) mass is 285 g/mol. The Balaban J connectivity index is 2.04. The molecule has 2 rings (SSSR count). The van der Waals surface area contributed by atoms with Gasteiger partial charge in [0.05, 0.1) is 5.69 Å². The maximum Gasteiger partial charge on any atom is 0.265 e. The third kappa shape index (κ3) is 3.75. The van der Waals surface area contributed by atoms with Crippen LogP contribution in [-0.4, -0.2) is 17.1 Å². The molecule has 21 heavy (non-hydrogen) atoms. The summed E-state index contributed by atoms with van der Waals surface area (Å²) in [5.74, 6) is 0.414. The van der Waals surface area contributed by atoms with E-state index in [1.165, 1.54) is 0 Å². The fourth-order valence-electron chi connectivity index (χ4n) is 1.94. The van der Waals surface area contributed by atoms with E-state index in [1.54, 1.807) is 38.1 Å². The number of phenols is 1. The Morgan fingerprint density at radius 3 is 2.62 bits per heavy atom. The summed E-state index contributed by atoms with van der Waals surface area (Å²) in [7, 11) is 0. The molecule has 4 nitrogen and oxygen atoms in total. The number of ether oxygens (including phenoxy) is 1. The summed E-state index contributed by atoms with van der Waals surface area (Å²) in [5, 5.41) is 12.6. The predicted molar refractivity (Wildman–Crippen MR) is 82.7 cm³/mol. The highest BCUT2D eigenvalue weighted by Gasteiger charge is 2.16. The van der Waals surface area contributed by atoms with Gasteiger partial charge in [-0.1, -0.05) is 24.3 Å². The van der Waals surface area contributed by atoms with Crippen molar-refractivity contribution in [2.24, 2.45) is 0 Å². The zero-order valence-corrected chi connectivity index (χ0v) is 12.4. The largest absolute Gasteiger partial charge is 0.505 e. The third-order valence-corrected chi connectivity index (χ3v) is 3.17. The van der Waals surface area contributed by atoms with Gasteiger partial charge in [-0.2, -0.15) is 0 Å². The van der Waals surface area contributed by atoms with E-state index >= 15 is 0 Å². The van der Waals surface area contributed by atoms with Crippen molar-refractivity contribution in [2.75, 3.05) is 5.32 Å². The topological polar surface area (TPSA) is 58.6 Å². The van der Waals surface area contributed by atoms with Crippen molar-refractivity contribution < 1.29 is 14.6 Å². The highest BCUT2D eigenvalue weighted by molar-refractivity contribution is 5.95. The van der Waals surface area contributed by atoms with Gasteiger partial charge < -0.3 is 15.2 Å². The maximum atomic E-state index is 12.1. The van der Waals surface area contributed by atoms with Crippen LogP contribution < -0.4 is 10.1 Å². The molecule has 1 atom stereocenters. The first-order valence-electron chi connectivity index (χ1n) is 6.80. The quantitative estimate of drug-likeness (QED) is 0.846. The number of aryl methyl sites for hydroxylation is 2. The molecule has 0 saturated carbocycles. The zero-order chi connectivity index (χ0) is 15.4. The molecule has 1 amide bonds. The molecule has 0 aliphatic carbocycles. The first kappa shape index (κ1) is 14.9. The molecule has 0 aliphatic heterocycles. The molecule has 2 aromatic rings. The van der Waals surface area contributed by atoms with Crippen LogP contribution >= 0.6 is 0 Å². The van der Waals surface area contributed by atoms with E-state index in [2.05, 4.69) is 5.32 Å². The van der Waals surface area contributed by atoms with Crippen molar-refractivity contribution in [3.8, 4) is 11.5 Å². The molecular formula is C17H19NO3. The van der Waals surface area contributed by atoms with E-state index in [1.807, 2.05) is 25.1 Å². The second-order valence-electron chi connectivity index (χ2n) is 5.04. The van der Waals surface area contributed by atoms with Crippen LogP contribution in [0.4, 0.5) is 5.69 Å². The predicted octanol–water partition coefficient (Wildman–Crippen LogP) is 3.42. The summed E-state index contributed by atoms with van der Waals surface area (Å²) in [5.41, 5.74) is 2.16. The van der Waals surface area contributed by atoms with E-state index in [4.69, 9.17) is 4.74 Å². The Morgan fingerprint density at radius 1 is 1.19 bits per heavy atom. The Morgan fingerprint density at radius 2 is 1.90 bits per heavy atom. The molecule has 0 bridgehead atoms. The van der Waals surface area contributed by atoms with E-state index in [0.29, 0.717) is 17.0 Å². The number of hydrogen-bond acceptors (Lipinski definition) is 3. The van der Waals surface area contributed by atoms with Gasteiger partial charge in [-0.15, -0.1) is 0 Å². The van der Waals surface area contributed by atoms with E-state index in [0.717, 1.165) is 5.56 Å². The molecule has 0 radical (unpaired) electrons. The SMILES string of the molecule is Cc1cccc(O[C@@H](C)C(=O)Nc2cccc(C)c2O)c1. The summed E-state index contributed by atoms with van der Waals surface area (Å²) >= 11 is 0. The Hall–Kier alpha value is -2.49. The Kier molecular flexibility index (Phi) is 4.48. The van der Waals surface area contributed by atoms with Gasteiger partial charge in [0.2, 0.25) is 0 Å². The highest BCUT2D eigenvalue weighted by atomic mass is 16.5. The Labute approximate surface area is 124 Å². The second kappa shape index (κ2) is 6.31. The van der Waals surface area contributed by atoms with E-state index in [9.17, 15) is 9.90 Å². The molecule has 0 aromatic heterocycles. The van der Waals surface area contributed by atoms with Gasteiger partial charge in [-0.05, 0) is 50.1 Å². The number of aromatic hydroxyl groups is 1. The maximum absolute atomic E-state index is 12.1. The molecule has 2 aromatic carbocycles. The first-order valence-corrected chi connectivity index (χ1v) is 6.80. The molecule has 0 unspecified atom stereocenters. The van der Waals surface area contributed by atoms with Gasteiger partial charge in [0, 0.05) is 0 Å². The number of anilines is 1. The van der Waals surface area contributed by atoms with Gasteiger partial charge in [-0.25, -0.2) is 0 Å². The van der Waals surface area contributed by atoms with Crippen LogP contribution in [0.3, 0.4) is 0 Å². The lowest BCUT2D eigenvalue weighted by atomic mass is 10.2. The van der Waals surface area contributed by atoms with Crippen LogP contribution in [0.1, 0.15) is 18.1 Å². The van der Waals surface area contributed by atoms with Crippen LogP contribution in [-0.2, 0) is 4.79 Å². The van der Waals surface area contributed by atoms with Crippen LogP contribution in [0, 0.1) is 13.8 Å². The number of phenolic OH excluding ortho intramolecular Hbond substituents is 1. The number of carbonyl (C=O) groups is 1. The fraction of sp³-hybridized carbons (Fsp3) is 0.235. The molecule has 0 spiro atoms. The number of carbonyl (C=O) groups excluding carboxylic acids is 1. The van der Waals surface area contributed by atoms with Crippen molar-refractivity contribution in [1.82, 2.24) is 0 Å². The van der Waals surface area contributed by atoms with Crippen molar-refractivity contribution in [3.05, 3.63) is 53.6 Å². The number of amides is 1. The van der Waals surface area contributed by atoms with Gasteiger partial charge in [0.15, 0.2) is 6.10 Å². The van der Waals surface area contributed by atoms with Crippen LogP contribution in [0.5, 0.6) is 11.5 Å². The van der Waals surface area contributed by atoms with Gasteiger partial charge in [0.25, 0.3) is 5.91 Å². The minimum Gasteiger partial charge on any atom is -0.505 e. The van der Waals surface area contributed by atoms with E-state index < -0.39 is 6.10 Å². The third-order valence-electron chi connectivity index (χ3n) is 3.17. The fourth-order valence-corrected chi connectivity index (χ4v) is 1.94. The second-order valence-corrected chi connectivity index (χ2v) is 5.04. The lowest BCUT2D eigenvalue weighted by Gasteiger charge is -2.16. The summed E-state index contributed by atoms with van der Waals surface area (Å²) in [4.78, 5) is 12.1. The van der Waals surface area contributed by atoms with Crippen molar-refractivity contribution >= 4 is 11.6 Å². The van der Waals surface area contributed by atoms with Crippen LogP contribution in [0.25, 0.3) is 0 Å². The van der Waals surface area contributed by atoms with Gasteiger partial charge >= 0.3 is 0 Å². The van der Waals surface area contributed by atoms with Gasteiger partial charge in [-0.3, -0.25) is 4.79 Å². The van der Waals surface area contributed by atoms with Crippen molar-refractivity contribution in [3.63, 3.8) is 0 Å². The Bertz CT molecular complexity index is 652. The lowest BCUT2D eigenvalue weighted by Crippen LogP contribution is -2.30. The van der Waals surface area contributed by atoms with Gasteiger partial charge in [0.1, 0.15) is 11.5 Å². The average molecular weight is 285 g/mol. The summed E-state index contributed by atoms with van der Waals surface area (Å²) in [6, 6.07) is 12.7. The molecule has 0 fully saturated rings. The van der Waals surface area contributed by atoms with Crippen LogP contribution in [0.2, 0.25) is 0 Å². The molecule has 4 heteroatoms. The minimum atomic E-state index is -0.660. The van der Waals surface area contributed by atoms with Crippen molar-refractivity contribution in [1.29, 1.82) is 0 Å². The molecule has 110 valence electrons. The average Bonchev–Trinajstić information content (AvgIpc) is 2.44. The summed E-state index contributed by atoms with van der Waals surface area (Å²) < 4.78 is 5.61. The summed E-state index contributed by atoms with van der Waals surface area (Å²) in [6.07, 6.45) is -0.660. The molecule has 0 saturated heterocycles. The number of nitrogens with one attached hydrogen (secondary N) is 1. The number of benzene rings is 2. The van der Waals surface area contributed by atoms with Crippen molar-refractivity contribution in [2.45, 2.75) is 26.9 Å². The smallest absolute Gasteiger partial charge is 0.265 e. The highest BCUT2D eigenvalue weighted by Crippen LogP contribution is 2.26. The molecule has 2 N–H and O–H groups in total. The molecule has 0 heterocycles. The normalized spacial score (nSPS) is 11.8. The number of hydrogen-bond donors (Lipinski definition) is 2. The zero-order valence-electron chi connectivity index (χ0n) is 12.4. The molecule has 0 aliphatic rings.